The van der Waals surface area contributed by atoms with Crippen molar-refractivity contribution in [3.05, 3.63) is 42.0 Å². The quantitative estimate of drug-likeness (QED) is 0.675. The maximum Gasteiger partial charge on any atom is 0.336 e. The molecule has 2 aromatic rings. The van der Waals surface area contributed by atoms with Crippen LogP contribution in [0.3, 0.4) is 0 Å². The molecule has 3 heteroatoms. The highest BCUT2D eigenvalue weighted by atomic mass is 16.4. The fourth-order valence-corrected chi connectivity index (χ4v) is 1.49. The minimum absolute atomic E-state index is 0.308. The fraction of sp³-hybridized carbons (Fsp3) is 0. The van der Waals surface area contributed by atoms with E-state index in [-0.39, 0.29) is 0 Å². The monoisotopic (exact) mass is 182 g/mol. The Kier molecular flexibility index (Phi) is 2.00. The van der Waals surface area contributed by atoms with Crippen LogP contribution in [0.5, 0.6) is 0 Å². The lowest BCUT2D eigenvalue weighted by atomic mass is 9.92. The second kappa shape index (κ2) is 3.18. The second-order valence-electron chi connectivity index (χ2n) is 3.09. The molecular weight excluding hydrogens is 175 g/mol. The highest BCUT2D eigenvalue weighted by molar-refractivity contribution is 6.33. The highest BCUT2D eigenvalue weighted by Gasteiger charge is 2.06. The van der Waals surface area contributed by atoms with Crippen molar-refractivity contribution in [3.8, 4) is 0 Å². The van der Waals surface area contributed by atoms with Gasteiger partial charge in [0.2, 0.25) is 0 Å². The van der Waals surface area contributed by atoms with Crippen molar-refractivity contribution in [2.45, 2.75) is 0 Å². The number of aromatic carboxylic acids is 1. The van der Waals surface area contributed by atoms with Crippen molar-refractivity contribution in [2.75, 3.05) is 0 Å². The summed E-state index contributed by atoms with van der Waals surface area (Å²) in [6.07, 6.45) is 0. The number of carboxylic acids is 1. The lowest BCUT2D eigenvalue weighted by Gasteiger charge is -2.02. The van der Waals surface area contributed by atoms with E-state index in [1.165, 1.54) is 0 Å². The van der Waals surface area contributed by atoms with Crippen molar-refractivity contribution in [1.82, 2.24) is 0 Å². The van der Waals surface area contributed by atoms with Gasteiger partial charge in [-0.15, -0.1) is 0 Å². The van der Waals surface area contributed by atoms with Gasteiger partial charge in [0.1, 0.15) is 7.85 Å². The minimum Gasteiger partial charge on any atom is -0.478 e. The molecular formula is C11H7BO2. The first-order valence-electron chi connectivity index (χ1n) is 4.20. The molecule has 0 unspecified atom stereocenters. The molecule has 0 spiro atoms. The van der Waals surface area contributed by atoms with Gasteiger partial charge < -0.3 is 5.11 Å². The Hall–Kier alpha value is -1.77. The summed E-state index contributed by atoms with van der Waals surface area (Å²) >= 11 is 0. The van der Waals surface area contributed by atoms with Crippen LogP contribution in [0.4, 0.5) is 0 Å². The predicted octanol–water partition coefficient (Wildman–Crippen LogP) is 1.33. The fourth-order valence-electron chi connectivity index (χ4n) is 1.49. The van der Waals surface area contributed by atoms with Crippen LogP contribution in [0.15, 0.2) is 36.4 Å². The summed E-state index contributed by atoms with van der Waals surface area (Å²) in [5.41, 5.74) is 0.947. The first-order valence-corrected chi connectivity index (χ1v) is 4.20. The molecule has 0 fully saturated rings. The largest absolute Gasteiger partial charge is 0.478 e. The predicted molar refractivity (Wildman–Crippen MR) is 56.3 cm³/mol. The molecule has 0 aliphatic heterocycles. The van der Waals surface area contributed by atoms with Crippen LogP contribution in [-0.2, 0) is 0 Å². The first-order chi connectivity index (χ1) is 6.68. The van der Waals surface area contributed by atoms with Crippen molar-refractivity contribution < 1.29 is 9.90 Å². The van der Waals surface area contributed by atoms with E-state index < -0.39 is 5.97 Å². The van der Waals surface area contributed by atoms with Crippen LogP contribution in [-0.4, -0.2) is 18.9 Å². The summed E-state index contributed by atoms with van der Waals surface area (Å²) < 4.78 is 0. The number of carbonyl (C=O) groups is 1. The van der Waals surface area contributed by atoms with Gasteiger partial charge in [-0.1, -0.05) is 35.8 Å². The SMILES string of the molecule is [B]c1ccc2c(C(=O)O)cccc2c1. The smallest absolute Gasteiger partial charge is 0.336 e. The number of hydrogen-bond donors (Lipinski definition) is 1. The third-order valence-corrected chi connectivity index (χ3v) is 2.13. The van der Waals surface area contributed by atoms with Gasteiger partial charge in [-0.2, -0.15) is 0 Å². The van der Waals surface area contributed by atoms with Crippen LogP contribution < -0.4 is 5.46 Å². The second-order valence-corrected chi connectivity index (χ2v) is 3.09. The summed E-state index contributed by atoms with van der Waals surface area (Å²) in [6.45, 7) is 0. The van der Waals surface area contributed by atoms with Crippen LogP contribution in [0.25, 0.3) is 10.8 Å². The summed E-state index contributed by atoms with van der Waals surface area (Å²) in [4.78, 5) is 10.9. The Bertz CT molecular complexity index is 506. The van der Waals surface area contributed by atoms with Crippen molar-refractivity contribution in [2.24, 2.45) is 0 Å². The summed E-state index contributed by atoms with van der Waals surface area (Å²) in [6, 6.07) is 10.3. The summed E-state index contributed by atoms with van der Waals surface area (Å²) in [5, 5.41) is 10.5. The molecule has 0 bridgehead atoms. The van der Waals surface area contributed by atoms with Gasteiger partial charge in [0.05, 0.1) is 5.56 Å². The van der Waals surface area contributed by atoms with E-state index in [0.717, 1.165) is 5.39 Å². The van der Waals surface area contributed by atoms with Crippen LogP contribution in [0.1, 0.15) is 10.4 Å². The maximum absolute atomic E-state index is 10.9. The molecule has 0 aliphatic rings. The third kappa shape index (κ3) is 1.37. The Morgan fingerprint density at radius 3 is 2.71 bits per heavy atom. The molecule has 0 aromatic heterocycles. The van der Waals surface area contributed by atoms with Gasteiger partial charge in [0, 0.05) is 0 Å². The standard InChI is InChI=1S/C11H7BO2/c12-8-4-5-9-7(6-8)2-1-3-10(9)11(13)14/h1-6H,(H,13,14). The normalized spacial score (nSPS) is 10.3. The van der Waals surface area contributed by atoms with E-state index in [4.69, 9.17) is 13.0 Å². The molecule has 66 valence electrons. The lowest BCUT2D eigenvalue weighted by Crippen LogP contribution is -2.02. The number of fused-ring (bicyclic) bond motifs is 1. The molecule has 1 N–H and O–H groups in total. The number of benzene rings is 2. The molecule has 2 radical (unpaired) electrons. The summed E-state index contributed by atoms with van der Waals surface area (Å²) in [5.74, 6) is -0.916. The Morgan fingerprint density at radius 2 is 2.00 bits per heavy atom. The lowest BCUT2D eigenvalue weighted by molar-refractivity contribution is 0.0699. The van der Waals surface area contributed by atoms with E-state index in [2.05, 4.69) is 0 Å². The van der Waals surface area contributed by atoms with Crippen LogP contribution >= 0.6 is 0 Å². The summed E-state index contributed by atoms with van der Waals surface area (Å²) in [7, 11) is 5.60. The molecule has 2 nitrogen and oxygen atoms in total. The van der Waals surface area contributed by atoms with Gasteiger partial charge in [0.15, 0.2) is 0 Å². The van der Waals surface area contributed by atoms with E-state index in [1.54, 1.807) is 30.3 Å². The van der Waals surface area contributed by atoms with Crippen molar-refractivity contribution >= 4 is 30.1 Å². The number of rotatable bonds is 1. The average molecular weight is 182 g/mol. The molecule has 14 heavy (non-hydrogen) atoms. The zero-order valence-electron chi connectivity index (χ0n) is 7.40. The Balaban J connectivity index is 2.81. The zero-order chi connectivity index (χ0) is 10.1. The zero-order valence-corrected chi connectivity index (χ0v) is 7.40. The highest BCUT2D eigenvalue weighted by Crippen LogP contribution is 2.17. The molecule has 0 heterocycles. The number of carboxylic acid groups (broad SMARTS) is 1. The Labute approximate surface area is 82.6 Å². The van der Waals surface area contributed by atoms with E-state index in [0.29, 0.717) is 16.4 Å². The molecule has 2 rings (SSSR count). The van der Waals surface area contributed by atoms with Crippen LogP contribution in [0.2, 0.25) is 0 Å². The Morgan fingerprint density at radius 1 is 1.21 bits per heavy atom. The molecule has 0 aliphatic carbocycles. The molecule has 0 saturated heterocycles. The molecule has 0 atom stereocenters. The van der Waals surface area contributed by atoms with Gasteiger partial charge in [-0.3, -0.25) is 0 Å². The first kappa shape index (κ1) is 8.82. The van der Waals surface area contributed by atoms with Crippen molar-refractivity contribution in [1.29, 1.82) is 0 Å². The molecule has 0 saturated carbocycles. The maximum atomic E-state index is 10.9. The third-order valence-electron chi connectivity index (χ3n) is 2.13. The van der Waals surface area contributed by atoms with Gasteiger partial charge in [0.25, 0.3) is 0 Å². The average Bonchev–Trinajstić information content (AvgIpc) is 2.16. The van der Waals surface area contributed by atoms with E-state index in [1.807, 2.05) is 6.07 Å². The topological polar surface area (TPSA) is 37.3 Å². The van der Waals surface area contributed by atoms with E-state index in [9.17, 15) is 4.79 Å². The molecule has 0 amide bonds. The number of hydrogen-bond acceptors (Lipinski definition) is 1. The minimum atomic E-state index is -0.916. The van der Waals surface area contributed by atoms with Gasteiger partial charge in [-0.25, -0.2) is 4.79 Å². The van der Waals surface area contributed by atoms with Gasteiger partial charge >= 0.3 is 5.97 Å². The van der Waals surface area contributed by atoms with Crippen LogP contribution in [0, 0.1) is 0 Å². The van der Waals surface area contributed by atoms with E-state index >= 15 is 0 Å². The van der Waals surface area contributed by atoms with Crippen molar-refractivity contribution in [3.63, 3.8) is 0 Å². The van der Waals surface area contributed by atoms with Gasteiger partial charge in [-0.05, 0) is 16.8 Å². The molecule has 2 aromatic carbocycles.